The summed E-state index contributed by atoms with van der Waals surface area (Å²) >= 11 is 1.27. The Balaban J connectivity index is 1.66. The SMILES string of the molecule is Cc1ccc(-n2cnnc2SCC(=O)Nc2cc(F)ccc2C)cc1. The number of aromatic nitrogens is 3. The number of anilines is 1. The van der Waals surface area contributed by atoms with Gasteiger partial charge in [0.1, 0.15) is 12.1 Å². The average Bonchev–Trinajstić information content (AvgIpc) is 3.05. The standard InChI is InChI=1S/C18H17FN4OS/c1-12-3-7-15(8-4-12)23-11-20-22-18(23)25-10-17(24)21-16-9-14(19)6-5-13(16)2/h3-9,11H,10H2,1-2H3,(H,21,24). The van der Waals surface area contributed by atoms with Gasteiger partial charge >= 0.3 is 0 Å². The lowest BCUT2D eigenvalue weighted by Gasteiger charge is -2.09. The van der Waals surface area contributed by atoms with Crippen molar-refractivity contribution in [3.63, 3.8) is 0 Å². The number of hydrogen-bond donors (Lipinski definition) is 1. The topological polar surface area (TPSA) is 59.8 Å². The molecule has 128 valence electrons. The van der Waals surface area contributed by atoms with Crippen LogP contribution in [0.25, 0.3) is 5.69 Å². The molecule has 1 N–H and O–H groups in total. The zero-order valence-electron chi connectivity index (χ0n) is 13.9. The quantitative estimate of drug-likeness (QED) is 0.707. The Bertz CT molecular complexity index is 892. The summed E-state index contributed by atoms with van der Waals surface area (Å²) in [6.07, 6.45) is 1.61. The molecule has 0 atom stereocenters. The van der Waals surface area contributed by atoms with Crippen LogP contribution in [0.4, 0.5) is 10.1 Å². The minimum absolute atomic E-state index is 0.153. The van der Waals surface area contributed by atoms with Gasteiger partial charge in [-0.2, -0.15) is 0 Å². The van der Waals surface area contributed by atoms with Crippen LogP contribution in [-0.4, -0.2) is 26.4 Å². The van der Waals surface area contributed by atoms with Crippen LogP contribution in [0.15, 0.2) is 53.9 Å². The van der Waals surface area contributed by atoms with E-state index >= 15 is 0 Å². The third-order valence-electron chi connectivity index (χ3n) is 3.63. The predicted octanol–water partition coefficient (Wildman–Crippen LogP) is 3.75. The van der Waals surface area contributed by atoms with Crippen molar-refractivity contribution < 1.29 is 9.18 Å². The van der Waals surface area contributed by atoms with Crippen molar-refractivity contribution in [3.8, 4) is 5.69 Å². The fourth-order valence-corrected chi connectivity index (χ4v) is 2.98. The van der Waals surface area contributed by atoms with Gasteiger partial charge in [0.05, 0.1) is 5.75 Å². The second-order valence-corrected chi connectivity index (χ2v) is 6.56. The molecule has 1 heterocycles. The number of amides is 1. The number of carbonyl (C=O) groups excluding carboxylic acids is 1. The Morgan fingerprint density at radius 2 is 1.96 bits per heavy atom. The van der Waals surface area contributed by atoms with Crippen LogP contribution in [0.3, 0.4) is 0 Å². The molecule has 3 rings (SSSR count). The van der Waals surface area contributed by atoms with Gasteiger partial charge in [0.2, 0.25) is 5.91 Å². The summed E-state index contributed by atoms with van der Waals surface area (Å²) in [5.41, 5.74) is 3.38. The number of halogens is 1. The van der Waals surface area contributed by atoms with Gasteiger partial charge in [0.25, 0.3) is 0 Å². The Hall–Kier alpha value is -2.67. The first-order valence-corrected chi connectivity index (χ1v) is 8.67. The van der Waals surface area contributed by atoms with Crippen LogP contribution in [0.5, 0.6) is 0 Å². The van der Waals surface area contributed by atoms with Crippen molar-refractivity contribution in [3.05, 3.63) is 65.7 Å². The minimum Gasteiger partial charge on any atom is -0.325 e. The van der Waals surface area contributed by atoms with Crippen LogP contribution >= 0.6 is 11.8 Å². The molecule has 3 aromatic rings. The Morgan fingerprint density at radius 3 is 2.72 bits per heavy atom. The highest BCUT2D eigenvalue weighted by Crippen LogP contribution is 2.21. The first-order valence-electron chi connectivity index (χ1n) is 7.69. The Kier molecular flexibility index (Phi) is 5.14. The van der Waals surface area contributed by atoms with E-state index in [0.717, 1.165) is 16.8 Å². The van der Waals surface area contributed by atoms with Gasteiger partial charge in [-0.15, -0.1) is 10.2 Å². The van der Waals surface area contributed by atoms with Crippen LogP contribution in [0.2, 0.25) is 0 Å². The molecule has 1 amide bonds. The van der Waals surface area contributed by atoms with E-state index in [2.05, 4.69) is 15.5 Å². The first kappa shape index (κ1) is 17.2. The van der Waals surface area contributed by atoms with Gasteiger partial charge in [0.15, 0.2) is 5.16 Å². The van der Waals surface area contributed by atoms with E-state index in [1.807, 2.05) is 42.7 Å². The molecule has 0 saturated heterocycles. The Labute approximate surface area is 149 Å². The zero-order chi connectivity index (χ0) is 17.8. The molecule has 0 bridgehead atoms. The molecule has 0 aliphatic rings. The monoisotopic (exact) mass is 356 g/mol. The van der Waals surface area contributed by atoms with Gasteiger partial charge in [-0.1, -0.05) is 35.5 Å². The van der Waals surface area contributed by atoms with E-state index < -0.39 is 0 Å². The number of carbonyl (C=O) groups is 1. The number of nitrogens with zero attached hydrogens (tertiary/aromatic N) is 3. The maximum absolute atomic E-state index is 13.3. The molecule has 0 aliphatic heterocycles. The summed E-state index contributed by atoms with van der Waals surface area (Å²) in [5.74, 6) is -0.453. The summed E-state index contributed by atoms with van der Waals surface area (Å²) in [6, 6.07) is 12.3. The highest BCUT2D eigenvalue weighted by Gasteiger charge is 2.11. The van der Waals surface area contributed by atoms with Crippen LogP contribution in [0, 0.1) is 19.7 Å². The fourth-order valence-electron chi connectivity index (χ4n) is 2.25. The lowest BCUT2D eigenvalue weighted by Crippen LogP contribution is -2.15. The number of thioether (sulfide) groups is 1. The van der Waals surface area contributed by atoms with Crippen LogP contribution in [-0.2, 0) is 4.79 Å². The van der Waals surface area contributed by atoms with E-state index in [1.165, 1.54) is 23.9 Å². The smallest absolute Gasteiger partial charge is 0.234 e. The van der Waals surface area contributed by atoms with Gasteiger partial charge in [-0.05, 0) is 43.7 Å². The average molecular weight is 356 g/mol. The molecule has 0 saturated carbocycles. The van der Waals surface area contributed by atoms with Crippen molar-refractivity contribution in [2.45, 2.75) is 19.0 Å². The van der Waals surface area contributed by atoms with Gasteiger partial charge < -0.3 is 5.32 Å². The first-order chi connectivity index (χ1) is 12.0. The van der Waals surface area contributed by atoms with E-state index in [4.69, 9.17) is 0 Å². The van der Waals surface area contributed by atoms with Crippen LogP contribution in [0.1, 0.15) is 11.1 Å². The van der Waals surface area contributed by atoms with Gasteiger partial charge in [-0.25, -0.2) is 4.39 Å². The van der Waals surface area contributed by atoms with E-state index in [1.54, 1.807) is 12.4 Å². The molecule has 2 aromatic carbocycles. The summed E-state index contributed by atoms with van der Waals surface area (Å²) < 4.78 is 15.1. The second-order valence-electron chi connectivity index (χ2n) is 5.62. The molecule has 5 nitrogen and oxygen atoms in total. The van der Waals surface area contributed by atoms with Crippen molar-refractivity contribution in [2.24, 2.45) is 0 Å². The molecule has 0 aliphatic carbocycles. The maximum atomic E-state index is 13.3. The number of aryl methyl sites for hydroxylation is 2. The van der Waals surface area contributed by atoms with Crippen molar-refractivity contribution >= 4 is 23.4 Å². The summed E-state index contributed by atoms with van der Waals surface area (Å²) in [7, 11) is 0. The normalized spacial score (nSPS) is 10.7. The van der Waals surface area contributed by atoms with E-state index in [0.29, 0.717) is 10.8 Å². The van der Waals surface area contributed by atoms with E-state index in [-0.39, 0.29) is 17.5 Å². The molecule has 1 aromatic heterocycles. The number of rotatable bonds is 5. The highest BCUT2D eigenvalue weighted by molar-refractivity contribution is 7.99. The van der Waals surface area contributed by atoms with Crippen LogP contribution < -0.4 is 5.32 Å². The molecular formula is C18H17FN4OS. The minimum atomic E-state index is -0.382. The lowest BCUT2D eigenvalue weighted by atomic mass is 10.2. The summed E-state index contributed by atoms with van der Waals surface area (Å²) in [6.45, 7) is 3.83. The molecule has 0 spiro atoms. The largest absolute Gasteiger partial charge is 0.325 e. The van der Waals surface area contributed by atoms with Crippen molar-refractivity contribution in [1.29, 1.82) is 0 Å². The Morgan fingerprint density at radius 1 is 1.20 bits per heavy atom. The second kappa shape index (κ2) is 7.48. The summed E-state index contributed by atoms with van der Waals surface area (Å²) in [5, 5.41) is 11.3. The van der Waals surface area contributed by atoms with Gasteiger partial charge in [0, 0.05) is 11.4 Å². The predicted molar refractivity (Wildman–Crippen MR) is 96.6 cm³/mol. The highest BCUT2D eigenvalue weighted by atomic mass is 32.2. The van der Waals surface area contributed by atoms with Crippen molar-refractivity contribution in [1.82, 2.24) is 14.8 Å². The summed E-state index contributed by atoms with van der Waals surface area (Å²) in [4.78, 5) is 12.2. The zero-order valence-corrected chi connectivity index (χ0v) is 14.7. The van der Waals surface area contributed by atoms with Gasteiger partial charge in [-0.3, -0.25) is 9.36 Å². The fraction of sp³-hybridized carbons (Fsp3) is 0.167. The molecule has 25 heavy (non-hydrogen) atoms. The molecule has 0 radical (unpaired) electrons. The maximum Gasteiger partial charge on any atom is 0.234 e. The lowest BCUT2D eigenvalue weighted by molar-refractivity contribution is -0.113. The number of nitrogens with one attached hydrogen (secondary N) is 1. The number of hydrogen-bond acceptors (Lipinski definition) is 4. The molecule has 0 unspecified atom stereocenters. The number of benzene rings is 2. The molecule has 0 fully saturated rings. The van der Waals surface area contributed by atoms with E-state index in [9.17, 15) is 9.18 Å². The third-order valence-corrected chi connectivity index (χ3v) is 4.58. The third kappa shape index (κ3) is 4.24. The molecule has 7 heteroatoms. The molecular weight excluding hydrogens is 339 g/mol. The van der Waals surface area contributed by atoms with Crippen molar-refractivity contribution in [2.75, 3.05) is 11.1 Å².